The minimum Gasteiger partial charge on any atom is -0.344 e. The first-order valence-corrected chi connectivity index (χ1v) is 11.6. The molecule has 5 nitrogen and oxygen atoms in total. The molecule has 0 radical (unpaired) electrons. The van der Waals surface area contributed by atoms with Crippen LogP contribution in [0.1, 0.15) is 28.3 Å². The molecule has 1 amide bonds. The third-order valence-corrected chi connectivity index (χ3v) is 6.04. The molecule has 1 atom stereocenters. The van der Waals surface area contributed by atoms with E-state index < -0.39 is 10.0 Å². The van der Waals surface area contributed by atoms with E-state index in [0.29, 0.717) is 0 Å². The number of rotatable bonds is 8. The molecule has 3 aromatic rings. The van der Waals surface area contributed by atoms with Crippen LogP contribution in [-0.2, 0) is 21.4 Å². The van der Waals surface area contributed by atoms with Crippen molar-refractivity contribution in [2.75, 3.05) is 12.8 Å². The number of carbonyl (C=O) groups excluding carboxylic acids is 1. The molecule has 0 saturated heterocycles. The van der Waals surface area contributed by atoms with Gasteiger partial charge in [0.2, 0.25) is 15.9 Å². The minimum absolute atomic E-state index is 0.146. The van der Waals surface area contributed by atoms with Gasteiger partial charge in [-0.2, -0.15) is 4.31 Å². The molecule has 0 fully saturated rings. The van der Waals surface area contributed by atoms with Gasteiger partial charge in [-0.25, -0.2) is 8.42 Å². The summed E-state index contributed by atoms with van der Waals surface area (Å²) in [5.41, 5.74) is 3.83. The normalized spacial score (nSPS) is 12.5. The Bertz CT molecular complexity index is 1070. The summed E-state index contributed by atoms with van der Waals surface area (Å²) >= 11 is 0. The Hall–Kier alpha value is -2.96. The largest absolute Gasteiger partial charge is 0.344 e. The lowest BCUT2D eigenvalue weighted by molar-refractivity contribution is -0.121. The van der Waals surface area contributed by atoms with Crippen LogP contribution in [-0.4, -0.2) is 31.4 Å². The Morgan fingerprint density at radius 2 is 1.40 bits per heavy atom. The van der Waals surface area contributed by atoms with Crippen molar-refractivity contribution < 1.29 is 13.2 Å². The van der Waals surface area contributed by atoms with Crippen molar-refractivity contribution in [2.24, 2.45) is 0 Å². The first-order valence-electron chi connectivity index (χ1n) is 9.73. The Kier molecular flexibility index (Phi) is 7.03. The number of aryl methyl sites for hydroxylation is 1. The highest BCUT2D eigenvalue weighted by atomic mass is 32.2. The van der Waals surface area contributed by atoms with Crippen molar-refractivity contribution >= 4 is 15.9 Å². The summed E-state index contributed by atoms with van der Waals surface area (Å²) in [6, 6.07) is 26.5. The number of hydrogen-bond acceptors (Lipinski definition) is 3. The van der Waals surface area contributed by atoms with Crippen LogP contribution in [0.3, 0.4) is 0 Å². The molecule has 156 valence electrons. The fraction of sp³-hybridized carbons (Fsp3) is 0.208. The molecule has 0 aliphatic rings. The van der Waals surface area contributed by atoms with Crippen LogP contribution in [0.4, 0.5) is 0 Å². The summed E-state index contributed by atoms with van der Waals surface area (Å²) in [6.45, 7) is 1.91. The summed E-state index contributed by atoms with van der Waals surface area (Å²) in [6.07, 6.45) is 1.12. The maximum absolute atomic E-state index is 12.9. The molecule has 0 heterocycles. The van der Waals surface area contributed by atoms with Crippen molar-refractivity contribution in [3.8, 4) is 0 Å². The van der Waals surface area contributed by atoms with Gasteiger partial charge in [0.25, 0.3) is 0 Å². The Balaban J connectivity index is 1.81. The Morgan fingerprint density at radius 1 is 0.867 bits per heavy atom. The van der Waals surface area contributed by atoms with Crippen LogP contribution < -0.4 is 5.32 Å². The highest BCUT2D eigenvalue weighted by Gasteiger charge is 2.23. The topological polar surface area (TPSA) is 66.5 Å². The maximum Gasteiger partial charge on any atom is 0.236 e. The summed E-state index contributed by atoms with van der Waals surface area (Å²) in [5, 5.41) is 3.01. The summed E-state index contributed by atoms with van der Waals surface area (Å²) in [5.74, 6) is -0.356. The molecule has 0 aromatic heterocycles. The van der Waals surface area contributed by atoms with Gasteiger partial charge in [-0.3, -0.25) is 4.79 Å². The second kappa shape index (κ2) is 9.69. The fourth-order valence-electron chi connectivity index (χ4n) is 3.21. The molecule has 1 N–H and O–H groups in total. The van der Waals surface area contributed by atoms with E-state index in [9.17, 15) is 13.2 Å². The molecule has 0 spiro atoms. The fourth-order valence-corrected chi connectivity index (χ4v) is 3.94. The van der Waals surface area contributed by atoms with Crippen molar-refractivity contribution in [3.63, 3.8) is 0 Å². The van der Waals surface area contributed by atoms with E-state index in [1.54, 1.807) is 0 Å². The van der Waals surface area contributed by atoms with Crippen LogP contribution >= 0.6 is 0 Å². The van der Waals surface area contributed by atoms with Gasteiger partial charge >= 0.3 is 0 Å². The number of carbonyl (C=O) groups is 1. The van der Waals surface area contributed by atoms with Crippen LogP contribution in [0.5, 0.6) is 0 Å². The number of nitrogens with one attached hydrogen (secondary N) is 1. The average molecular weight is 423 g/mol. The predicted molar refractivity (Wildman–Crippen MR) is 119 cm³/mol. The van der Waals surface area contributed by atoms with Crippen molar-refractivity contribution in [3.05, 3.63) is 107 Å². The quantitative estimate of drug-likeness (QED) is 0.602. The van der Waals surface area contributed by atoms with Gasteiger partial charge in [-0.15, -0.1) is 0 Å². The molecule has 0 unspecified atom stereocenters. The molecule has 0 aliphatic carbocycles. The lowest BCUT2D eigenvalue weighted by Gasteiger charge is -2.23. The predicted octanol–water partition coefficient (Wildman–Crippen LogP) is 3.66. The van der Waals surface area contributed by atoms with Gasteiger partial charge in [0.05, 0.1) is 18.8 Å². The van der Waals surface area contributed by atoms with E-state index in [-0.39, 0.29) is 25.0 Å². The van der Waals surface area contributed by atoms with E-state index >= 15 is 0 Å². The van der Waals surface area contributed by atoms with Crippen molar-refractivity contribution in [2.45, 2.75) is 19.5 Å². The molecule has 0 aliphatic heterocycles. The van der Waals surface area contributed by atoms with Crippen molar-refractivity contribution in [1.29, 1.82) is 0 Å². The van der Waals surface area contributed by atoms with Crippen LogP contribution in [0.15, 0.2) is 84.9 Å². The first kappa shape index (κ1) is 21.7. The van der Waals surface area contributed by atoms with E-state index in [0.717, 1.165) is 28.5 Å². The second-order valence-corrected chi connectivity index (χ2v) is 9.32. The molecule has 30 heavy (non-hydrogen) atoms. The molecule has 6 heteroatoms. The standard InChI is InChI=1S/C24H26N2O3S/c1-19-13-15-22(16-14-19)24(21-11-7-4-8-12-21)25-23(27)18-26(30(2,28)29)17-20-9-5-3-6-10-20/h3-16,24H,17-18H2,1-2H3,(H,25,27)/t24-/m0/s1. The minimum atomic E-state index is -3.56. The zero-order valence-corrected chi connectivity index (χ0v) is 18.0. The van der Waals surface area contributed by atoms with E-state index in [4.69, 9.17) is 0 Å². The number of hydrogen-bond donors (Lipinski definition) is 1. The third kappa shape index (κ3) is 6.02. The zero-order chi connectivity index (χ0) is 21.6. The Labute approximate surface area is 178 Å². The molecule has 3 rings (SSSR count). The summed E-state index contributed by atoms with van der Waals surface area (Å²) < 4.78 is 25.8. The number of sulfonamides is 1. The third-order valence-electron chi connectivity index (χ3n) is 4.84. The van der Waals surface area contributed by atoms with E-state index in [1.807, 2.05) is 91.9 Å². The van der Waals surface area contributed by atoms with Gasteiger partial charge in [0.15, 0.2) is 0 Å². The lowest BCUT2D eigenvalue weighted by Crippen LogP contribution is -2.41. The molecule has 0 bridgehead atoms. The molecule has 0 saturated carbocycles. The second-order valence-electron chi connectivity index (χ2n) is 7.34. The highest BCUT2D eigenvalue weighted by molar-refractivity contribution is 7.88. The van der Waals surface area contributed by atoms with Crippen LogP contribution in [0.2, 0.25) is 0 Å². The highest BCUT2D eigenvalue weighted by Crippen LogP contribution is 2.22. The smallest absolute Gasteiger partial charge is 0.236 e. The molecule has 3 aromatic carbocycles. The van der Waals surface area contributed by atoms with Gasteiger partial charge in [-0.05, 0) is 23.6 Å². The van der Waals surface area contributed by atoms with Gasteiger partial charge in [0.1, 0.15) is 0 Å². The van der Waals surface area contributed by atoms with Crippen LogP contribution in [0, 0.1) is 6.92 Å². The van der Waals surface area contributed by atoms with Gasteiger partial charge in [-0.1, -0.05) is 90.5 Å². The van der Waals surface area contributed by atoms with Crippen LogP contribution in [0.25, 0.3) is 0 Å². The van der Waals surface area contributed by atoms with Gasteiger partial charge in [0, 0.05) is 6.54 Å². The van der Waals surface area contributed by atoms with E-state index in [2.05, 4.69) is 5.32 Å². The summed E-state index contributed by atoms with van der Waals surface area (Å²) in [4.78, 5) is 12.9. The van der Waals surface area contributed by atoms with E-state index in [1.165, 1.54) is 4.31 Å². The maximum atomic E-state index is 12.9. The average Bonchev–Trinajstić information content (AvgIpc) is 2.73. The molecular weight excluding hydrogens is 396 g/mol. The SMILES string of the molecule is Cc1ccc([C@@H](NC(=O)CN(Cc2ccccc2)S(C)(=O)=O)c2ccccc2)cc1. The number of benzene rings is 3. The first-order chi connectivity index (χ1) is 14.3. The number of amides is 1. The van der Waals surface area contributed by atoms with Gasteiger partial charge < -0.3 is 5.32 Å². The lowest BCUT2D eigenvalue weighted by atomic mass is 9.98. The molecular formula is C24H26N2O3S. The monoisotopic (exact) mass is 422 g/mol. The number of nitrogens with zero attached hydrogens (tertiary/aromatic N) is 1. The van der Waals surface area contributed by atoms with Crippen molar-refractivity contribution in [1.82, 2.24) is 9.62 Å². The summed E-state index contributed by atoms with van der Waals surface area (Å²) in [7, 11) is -3.56. The zero-order valence-electron chi connectivity index (χ0n) is 17.2. The Morgan fingerprint density at radius 3 is 1.97 bits per heavy atom.